The van der Waals surface area contributed by atoms with E-state index in [1.807, 2.05) is 13.8 Å². The minimum Gasteiger partial charge on any atom is -0.380 e. The smallest absolute Gasteiger partial charge is 0.315 e. The second-order valence-electron chi connectivity index (χ2n) is 3.52. The molecule has 4 nitrogen and oxygen atoms in total. The Hall–Kier alpha value is -0.770. The van der Waals surface area contributed by atoms with Gasteiger partial charge in [-0.2, -0.15) is 0 Å². The monoisotopic (exact) mass is 202 g/mol. The van der Waals surface area contributed by atoms with E-state index in [1.54, 1.807) is 0 Å². The minimum absolute atomic E-state index is 0.126. The van der Waals surface area contributed by atoms with Crippen molar-refractivity contribution < 1.29 is 9.53 Å². The Balaban J connectivity index is 3.15. The van der Waals surface area contributed by atoms with Gasteiger partial charge in [0, 0.05) is 19.2 Å². The number of amides is 2. The maximum absolute atomic E-state index is 11.1. The SMILES string of the molecule is CCCCOCCNC(=O)NC(C)C. The van der Waals surface area contributed by atoms with Crippen LogP contribution in [0.1, 0.15) is 33.6 Å². The highest BCUT2D eigenvalue weighted by Crippen LogP contribution is 1.86. The van der Waals surface area contributed by atoms with Crippen LogP contribution in [-0.2, 0) is 4.74 Å². The quantitative estimate of drug-likeness (QED) is 0.615. The minimum atomic E-state index is -0.126. The molecule has 0 atom stereocenters. The highest BCUT2D eigenvalue weighted by atomic mass is 16.5. The maximum atomic E-state index is 11.1. The van der Waals surface area contributed by atoms with E-state index in [2.05, 4.69) is 17.6 Å². The van der Waals surface area contributed by atoms with Crippen LogP contribution in [0.25, 0.3) is 0 Å². The van der Waals surface area contributed by atoms with Crippen LogP contribution in [0.5, 0.6) is 0 Å². The van der Waals surface area contributed by atoms with Crippen molar-refractivity contribution in [3.8, 4) is 0 Å². The number of carbonyl (C=O) groups is 1. The van der Waals surface area contributed by atoms with Crippen LogP contribution in [-0.4, -0.2) is 31.8 Å². The number of carbonyl (C=O) groups excluding carboxylic acids is 1. The van der Waals surface area contributed by atoms with E-state index in [9.17, 15) is 4.79 Å². The van der Waals surface area contributed by atoms with Crippen molar-refractivity contribution in [2.24, 2.45) is 0 Å². The molecule has 0 aliphatic rings. The first-order valence-corrected chi connectivity index (χ1v) is 5.29. The number of unbranched alkanes of at least 4 members (excludes halogenated alkanes) is 1. The molecule has 0 rings (SSSR count). The second-order valence-corrected chi connectivity index (χ2v) is 3.52. The van der Waals surface area contributed by atoms with Crippen molar-refractivity contribution in [2.45, 2.75) is 39.7 Å². The van der Waals surface area contributed by atoms with Gasteiger partial charge in [-0.05, 0) is 20.3 Å². The molecule has 0 saturated heterocycles. The number of rotatable bonds is 7. The van der Waals surface area contributed by atoms with E-state index in [-0.39, 0.29) is 12.1 Å². The molecule has 0 spiro atoms. The van der Waals surface area contributed by atoms with Crippen LogP contribution in [0, 0.1) is 0 Å². The van der Waals surface area contributed by atoms with Crippen molar-refractivity contribution in [1.82, 2.24) is 10.6 Å². The van der Waals surface area contributed by atoms with Crippen molar-refractivity contribution in [3.63, 3.8) is 0 Å². The Morgan fingerprint density at radius 1 is 1.36 bits per heavy atom. The molecule has 0 aliphatic carbocycles. The standard InChI is InChI=1S/C10H22N2O2/c1-4-5-7-14-8-6-11-10(13)12-9(2)3/h9H,4-8H2,1-3H3,(H2,11,12,13). The Bertz CT molecular complexity index is 149. The van der Waals surface area contributed by atoms with Crippen LogP contribution >= 0.6 is 0 Å². The van der Waals surface area contributed by atoms with Crippen LogP contribution < -0.4 is 10.6 Å². The third kappa shape index (κ3) is 9.32. The van der Waals surface area contributed by atoms with Crippen LogP contribution in [0.3, 0.4) is 0 Å². The molecular weight excluding hydrogens is 180 g/mol. The van der Waals surface area contributed by atoms with Crippen LogP contribution in [0.4, 0.5) is 4.79 Å². The summed E-state index contributed by atoms with van der Waals surface area (Å²) < 4.78 is 5.29. The molecule has 0 radical (unpaired) electrons. The summed E-state index contributed by atoms with van der Waals surface area (Å²) in [5.74, 6) is 0. The second kappa shape index (κ2) is 8.81. The van der Waals surface area contributed by atoms with E-state index in [0.717, 1.165) is 19.4 Å². The summed E-state index contributed by atoms with van der Waals surface area (Å²) in [6.07, 6.45) is 2.22. The predicted octanol–water partition coefficient (Wildman–Crippen LogP) is 1.51. The highest BCUT2D eigenvalue weighted by Gasteiger charge is 2.00. The number of nitrogens with one attached hydrogen (secondary N) is 2. The van der Waals surface area contributed by atoms with Crippen molar-refractivity contribution in [1.29, 1.82) is 0 Å². The topological polar surface area (TPSA) is 50.4 Å². The molecule has 0 aromatic heterocycles. The van der Waals surface area contributed by atoms with Gasteiger partial charge < -0.3 is 15.4 Å². The Kier molecular flexibility index (Phi) is 8.33. The van der Waals surface area contributed by atoms with Gasteiger partial charge in [-0.3, -0.25) is 0 Å². The first-order valence-electron chi connectivity index (χ1n) is 5.29. The predicted molar refractivity (Wildman–Crippen MR) is 57.4 cm³/mol. The van der Waals surface area contributed by atoms with Crippen molar-refractivity contribution in [3.05, 3.63) is 0 Å². The zero-order chi connectivity index (χ0) is 10.8. The molecule has 0 fully saturated rings. The summed E-state index contributed by atoms with van der Waals surface area (Å²) in [6, 6.07) is 0.0510. The molecule has 0 bridgehead atoms. The zero-order valence-electron chi connectivity index (χ0n) is 9.43. The van der Waals surface area contributed by atoms with Gasteiger partial charge in [-0.25, -0.2) is 4.79 Å². The van der Waals surface area contributed by atoms with E-state index >= 15 is 0 Å². The van der Waals surface area contributed by atoms with Gasteiger partial charge in [0.05, 0.1) is 6.61 Å². The summed E-state index contributed by atoms with van der Waals surface area (Å²) in [7, 11) is 0. The van der Waals surface area contributed by atoms with E-state index in [1.165, 1.54) is 0 Å². The molecule has 0 heterocycles. The fourth-order valence-electron chi connectivity index (χ4n) is 0.898. The van der Waals surface area contributed by atoms with Crippen molar-refractivity contribution >= 4 is 6.03 Å². The molecule has 84 valence electrons. The summed E-state index contributed by atoms with van der Waals surface area (Å²) >= 11 is 0. The van der Waals surface area contributed by atoms with E-state index < -0.39 is 0 Å². The van der Waals surface area contributed by atoms with Gasteiger partial charge in [0.25, 0.3) is 0 Å². The Morgan fingerprint density at radius 3 is 2.64 bits per heavy atom. The van der Waals surface area contributed by atoms with Gasteiger partial charge in [0.1, 0.15) is 0 Å². The zero-order valence-corrected chi connectivity index (χ0v) is 9.43. The fourth-order valence-corrected chi connectivity index (χ4v) is 0.898. The van der Waals surface area contributed by atoms with Gasteiger partial charge >= 0.3 is 6.03 Å². The highest BCUT2D eigenvalue weighted by molar-refractivity contribution is 5.73. The molecule has 0 aliphatic heterocycles. The number of hydrogen-bond donors (Lipinski definition) is 2. The average molecular weight is 202 g/mol. The lowest BCUT2D eigenvalue weighted by Gasteiger charge is -2.10. The third-order valence-electron chi connectivity index (χ3n) is 1.59. The molecule has 0 aromatic carbocycles. The summed E-state index contributed by atoms with van der Waals surface area (Å²) in [4.78, 5) is 11.1. The molecule has 0 saturated carbocycles. The van der Waals surface area contributed by atoms with Gasteiger partial charge in [0.15, 0.2) is 0 Å². The maximum Gasteiger partial charge on any atom is 0.315 e. The Labute approximate surface area is 86.4 Å². The molecule has 0 unspecified atom stereocenters. The van der Waals surface area contributed by atoms with Gasteiger partial charge in [-0.15, -0.1) is 0 Å². The number of hydrogen-bond acceptors (Lipinski definition) is 2. The molecule has 0 aromatic rings. The summed E-state index contributed by atoms with van der Waals surface area (Å²) in [6.45, 7) is 7.92. The largest absolute Gasteiger partial charge is 0.380 e. The van der Waals surface area contributed by atoms with Gasteiger partial charge in [-0.1, -0.05) is 13.3 Å². The third-order valence-corrected chi connectivity index (χ3v) is 1.59. The first-order chi connectivity index (χ1) is 6.66. The Morgan fingerprint density at radius 2 is 2.07 bits per heavy atom. The van der Waals surface area contributed by atoms with E-state index in [4.69, 9.17) is 4.74 Å². The van der Waals surface area contributed by atoms with Gasteiger partial charge in [0.2, 0.25) is 0 Å². The number of urea groups is 1. The van der Waals surface area contributed by atoms with E-state index in [0.29, 0.717) is 13.2 Å². The molecule has 4 heteroatoms. The normalized spacial score (nSPS) is 10.3. The lowest BCUT2D eigenvalue weighted by molar-refractivity contribution is 0.133. The first kappa shape index (κ1) is 13.2. The van der Waals surface area contributed by atoms with Crippen LogP contribution in [0.2, 0.25) is 0 Å². The average Bonchev–Trinajstić information content (AvgIpc) is 2.10. The molecule has 2 N–H and O–H groups in total. The number of ether oxygens (including phenoxy) is 1. The van der Waals surface area contributed by atoms with Crippen molar-refractivity contribution in [2.75, 3.05) is 19.8 Å². The lowest BCUT2D eigenvalue weighted by Crippen LogP contribution is -2.40. The molecular formula is C10H22N2O2. The van der Waals surface area contributed by atoms with Crippen LogP contribution in [0.15, 0.2) is 0 Å². The summed E-state index contributed by atoms with van der Waals surface area (Å²) in [5, 5.41) is 5.46. The summed E-state index contributed by atoms with van der Waals surface area (Å²) in [5.41, 5.74) is 0. The lowest BCUT2D eigenvalue weighted by atomic mass is 10.4. The fraction of sp³-hybridized carbons (Fsp3) is 0.900. The molecule has 14 heavy (non-hydrogen) atoms. The molecule has 2 amide bonds.